The fraction of sp³-hybridized carbons (Fsp3) is 0.600. The van der Waals surface area contributed by atoms with E-state index in [9.17, 15) is 0 Å². The number of hydrogen-bond donors (Lipinski definition) is 1. The first-order valence-electron chi connectivity index (χ1n) is 2.92. The average Bonchev–Trinajstić information content (AvgIpc) is 2.31. The van der Waals surface area contributed by atoms with Crippen molar-refractivity contribution in [1.29, 1.82) is 0 Å². The van der Waals surface area contributed by atoms with Gasteiger partial charge >= 0.3 is 0 Å². The van der Waals surface area contributed by atoms with E-state index < -0.39 is 0 Å². The monoisotopic (exact) mass is 175 g/mol. The van der Waals surface area contributed by atoms with Gasteiger partial charge in [-0.2, -0.15) is 12.6 Å². The molecule has 1 aromatic rings. The zero-order chi connectivity index (χ0) is 7.40. The van der Waals surface area contributed by atoms with E-state index in [0.717, 1.165) is 16.7 Å². The van der Waals surface area contributed by atoms with Crippen LogP contribution in [0.15, 0.2) is 11.5 Å². The van der Waals surface area contributed by atoms with E-state index in [1.165, 1.54) is 0 Å². The highest BCUT2D eigenvalue weighted by Crippen LogP contribution is 2.12. The Bertz CT molecular complexity index is 199. The van der Waals surface area contributed by atoms with Crippen LogP contribution in [-0.4, -0.2) is 26.3 Å². The van der Waals surface area contributed by atoms with Crippen molar-refractivity contribution in [2.75, 3.05) is 11.5 Å². The summed E-state index contributed by atoms with van der Waals surface area (Å²) in [6.07, 6.45) is 1.70. The van der Waals surface area contributed by atoms with E-state index in [4.69, 9.17) is 0 Å². The smallest absolute Gasteiger partial charge is 0.190 e. The summed E-state index contributed by atoms with van der Waals surface area (Å²) in [5.74, 6) is 1.85. The van der Waals surface area contributed by atoms with E-state index in [0.29, 0.717) is 0 Å². The second kappa shape index (κ2) is 3.88. The van der Waals surface area contributed by atoms with Crippen molar-refractivity contribution >= 4 is 24.4 Å². The molecule has 1 rings (SSSR count). The van der Waals surface area contributed by atoms with Crippen molar-refractivity contribution in [3.05, 3.63) is 6.33 Å². The Morgan fingerprint density at radius 3 is 3.10 bits per heavy atom. The number of aryl methyl sites for hydroxylation is 1. The van der Waals surface area contributed by atoms with Crippen molar-refractivity contribution in [3.8, 4) is 0 Å². The van der Waals surface area contributed by atoms with Gasteiger partial charge in [0.15, 0.2) is 5.16 Å². The zero-order valence-electron chi connectivity index (χ0n) is 5.69. The summed E-state index contributed by atoms with van der Waals surface area (Å²) < 4.78 is 1.90. The number of aromatic nitrogens is 3. The Morgan fingerprint density at radius 1 is 1.80 bits per heavy atom. The Labute approximate surface area is 69.6 Å². The minimum atomic E-state index is 0.873. The third-order valence-corrected chi connectivity index (χ3v) is 2.55. The van der Waals surface area contributed by atoms with Crippen LogP contribution in [0.4, 0.5) is 0 Å². The largest absolute Gasteiger partial charge is 0.312 e. The maximum atomic E-state index is 4.09. The molecule has 0 aliphatic rings. The molecule has 56 valence electrons. The fourth-order valence-electron chi connectivity index (χ4n) is 0.540. The third-order valence-electron chi connectivity index (χ3n) is 0.992. The normalized spacial score (nSPS) is 10.2. The highest BCUT2D eigenvalue weighted by Gasteiger charge is 1.97. The van der Waals surface area contributed by atoms with Crippen molar-refractivity contribution < 1.29 is 0 Å². The Balaban J connectivity index is 2.49. The van der Waals surface area contributed by atoms with Crippen LogP contribution in [0, 0.1) is 0 Å². The number of rotatable bonds is 3. The molecule has 3 nitrogen and oxygen atoms in total. The number of hydrogen-bond acceptors (Lipinski definition) is 4. The first-order valence-corrected chi connectivity index (χ1v) is 4.54. The molecule has 0 aliphatic heterocycles. The minimum absolute atomic E-state index is 0.873. The van der Waals surface area contributed by atoms with Crippen LogP contribution in [0.25, 0.3) is 0 Å². The van der Waals surface area contributed by atoms with Crippen LogP contribution in [-0.2, 0) is 7.05 Å². The van der Waals surface area contributed by atoms with Gasteiger partial charge < -0.3 is 4.57 Å². The maximum Gasteiger partial charge on any atom is 0.190 e. The van der Waals surface area contributed by atoms with E-state index >= 15 is 0 Å². The molecule has 0 aliphatic carbocycles. The molecule has 0 amide bonds. The standard InChI is InChI=1S/C5H9N3S2/c1-8-4-6-7-5(8)10-3-2-9/h4,9H,2-3H2,1H3. The van der Waals surface area contributed by atoms with E-state index in [1.54, 1.807) is 18.1 Å². The molecule has 0 saturated carbocycles. The highest BCUT2D eigenvalue weighted by molar-refractivity contribution is 7.99. The van der Waals surface area contributed by atoms with Gasteiger partial charge in [0.25, 0.3) is 0 Å². The lowest BCUT2D eigenvalue weighted by Crippen LogP contribution is -1.90. The molecule has 1 heterocycles. The summed E-state index contributed by atoms with van der Waals surface area (Å²) >= 11 is 5.75. The summed E-state index contributed by atoms with van der Waals surface area (Å²) in [6.45, 7) is 0. The van der Waals surface area contributed by atoms with Gasteiger partial charge in [-0.3, -0.25) is 0 Å². The molecular weight excluding hydrogens is 166 g/mol. The molecule has 0 saturated heterocycles. The van der Waals surface area contributed by atoms with Gasteiger partial charge in [0.2, 0.25) is 0 Å². The number of thiol groups is 1. The lowest BCUT2D eigenvalue weighted by molar-refractivity contribution is 0.789. The number of thioether (sulfide) groups is 1. The molecule has 0 N–H and O–H groups in total. The molecule has 0 fully saturated rings. The average molecular weight is 175 g/mol. The summed E-state index contributed by atoms with van der Waals surface area (Å²) in [6, 6.07) is 0. The summed E-state index contributed by atoms with van der Waals surface area (Å²) in [5.41, 5.74) is 0. The molecule has 1 aromatic heterocycles. The summed E-state index contributed by atoms with van der Waals surface area (Å²) in [7, 11) is 1.93. The zero-order valence-corrected chi connectivity index (χ0v) is 7.40. The third kappa shape index (κ3) is 1.91. The predicted molar refractivity (Wildman–Crippen MR) is 45.6 cm³/mol. The van der Waals surface area contributed by atoms with Gasteiger partial charge in [-0.15, -0.1) is 10.2 Å². The second-order valence-corrected chi connectivity index (χ2v) is 3.31. The molecule has 0 spiro atoms. The SMILES string of the molecule is Cn1cnnc1SCCS. The van der Waals surface area contributed by atoms with E-state index in [1.807, 2.05) is 11.6 Å². The minimum Gasteiger partial charge on any atom is -0.312 e. The first kappa shape index (κ1) is 7.94. The fourth-order valence-corrected chi connectivity index (χ4v) is 1.44. The van der Waals surface area contributed by atoms with E-state index in [2.05, 4.69) is 22.8 Å². The first-order chi connectivity index (χ1) is 4.84. The molecule has 0 aromatic carbocycles. The van der Waals surface area contributed by atoms with Gasteiger partial charge in [0, 0.05) is 12.8 Å². The van der Waals surface area contributed by atoms with Crippen molar-refractivity contribution in [2.45, 2.75) is 5.16 Å². The van der Waals surface area contributed by atoms with Crippen LogP contribution in [0.2, 0.25) is 0 Å². The molecule has 10 heavy (non-hydrogen) atoms. The van der Waals surface area contributed by atoms with Crippen LogP contribution in [0.1, 0.15) is 0 Å². The number of nitrogens with zero attached hydrogens (tertiary/aromatic N) is 3. The highest BCUT2D eigenvalue weighted by atomic mass is 32.2. The molecule has 0 radical (unpaired) electrons. The molecule has 5 heteroatoms. The molecule has 0 atom stereocenters. The second-order valence-electron chi connectivity index (χ2n) is 1.80. The van der Waals surface area contributed by atoms with Gasteiger partial charge in [-0.25, -0.2) is 0 Å². The van der Waals surface area contributed by atoms with Crippen molar-refractivity contribution in [3.63, 3.8) is 0 Å². The van der Waals surface area contributed by atoms with E-state index in [-0.39, 0.29) is 0 Å². The lowest BCUT2D eigenvalue weighted by atomic mass is 11.0. The lowest BCUT2D eigenvalue weighted by Gasteiger charge is -1.95. The van der Waals surface area contributed by atoms with Crippen LogP contribution < -0.4 is 0 Å². The molecule has 0 bridgehead atoms. The summed E-state index contributed by atoms with van der Waals surface area (Å²) in [4.78, 5) is 0. The maximum absolute atomic E-state index is 4.09. The topological polar surface area (TPSA) is 30.7 Å². The summed E-state index contributed by atoms with van der Waals surface area (Å²) in [5, 5.41) is 8.59. The van der Waals surface area contributed by atoms with Crippen LogP contribution in [0.5, 0.6) is 0 Å². The van der Waals surface area contributed by atoms with Crippen LogP contribution >= 0.6 is 24.4 Å². The van der Waals surface area contributed by atoms with Gasteiger partial charge in [0.1, 0.15) is 6.33 Å². The van der Waals surface area contributed by atoms with Crippen molar-refractivity contribution in [2.24, 2.45) is 7.05 Å². The molecule has 0 unspecified atom stereocenters. The quantitative estimate of drug-likeness (QED) is 0.545. The van der Waals surface area contributed by atoms with Gasteiger partial charge in [-0.1, -0.05) is 11.8 Å². The Kier molecular flexibility index (Phi) is 3.08. The Morgan fingerprint density at radius 2 is 2.60 bits per heavy atom. The van der Waals surface area contributed by atoms with Gasteiger partial charge in [0.05, 0.1) is 0 Å². The van der Waals surface area contributed by atoms with Gasteiger partial charge in [-0.05, 0) is 5.75 Å². The van der Waals surface area contributed by atoms with Crippen molar-refractivity contribution in [1.82, 2.24) is 14.8 Å². The predicted octanol–water partition coefficient (Wildman–Crippen LogP) is 0.837. The molecular formula is C5H9N3S2. The Hall–Kier alpha value is -0.160. The van der Waals surface area contributed by atoms with Crippen LogP contribution in [0.3, 0.4) is 0 Å².